The van der Waals surface area contributed by atoms with Crippen molar-refractivity contribution in [2.24, 2.45) is 0 Å². The molecule has 1 aromatic rings. The first-order valence-corrected chi connectivity index (χ1v) is 9.74. The maximum Gasteiger partial charge on any atom is 0.410 e. The number of H-pyrrole nitrogens is 2. The minimum Gasteiger partial charge on any atom is -0.469 e. The van der Waals surface area contributed by atoms with Gasteiger partial charge in [-0.15, -0.1) is 0 Å². The Morgan fingerprint density at radius 2 is 2.00 bits per heavy atom. The zero-order valence-corrected chi connectivity index (χ0v) is 17.1. The first-order valence-electron chi connectivity index (χ1n) is 9.74. The number of aromatic nitrogens is 2. The van der Waals surface area contributed by atoms with E-state index >= 15 is 0 Å². The summed E-state index contributed by atoms with van der Waals surface area (Å²) >= 11 is 0. The molecule has 2 N–H and O–H groups in total. The number of aromatic amines is 2. The average Bonchev–Trinajstić information content (AvgIpc) is 2.92. The van der Waals surface area contributed by atoms with E-state index in [0.717, 1.165) is 0 Å². The monoisotopic (exact) mass is 409 g/mol. The summed E-state index contributed by atoms with van der Waals surface area (Å²) in [4.78, 5) is 54.9. The van der Waals surface area contributed by atoms with Crippen LogP contribution in [0.25, 0.3) is 0 Å². The van der Waals surface area contributed by atoms with Gasteiger partial charge in [-0.1, -0.05) is 0 Å². The summed E-state index contributed by atoms with van der Waals surface area (Å²) in [5.41, 5.74) is -2.53. The molecule has 0 bridgehead atoms. The summed E-state index contributed by atoms with van der Waals surface area (Å²) in [6.07, 6.45) is 0.229. The molecule has 3 rings (SSSR count). The molecule has 0 radical (unpaired) electrons. The second-order valence-corrected chi connectivity index (χ2v) is 8.37. The Balaban J connectivity index is 1.91. The van der Waals surface area contributed by atoms with Crippen molar-refractivity contribution in [3.63, 3.8) is 0 Å². The third-order valence-corrected chi connectivity index (χ3v) is 5.09. The summed E-state index contributed by atoms with van der Waals surface area (Å²) in [6, 6.07) is 0. The highest BCUT2D eigenvalue weighted by atomic mass is 16.6. The van der Waals surface area contributed by atoms with Gasteiger partial charge in [0.2, 0.25) is 5.88 Å². The third-order valence-electron chi connectivity index (χ3n) is 5.09. The molecule has 2 aliphatic rings. The highest BCUT2D eigenvalue weighted by Gasteiger charge is 2.54. The van der Waals surface area contributed by atoms with Crippen molar-refractivity contribution in [2.45, 2.75) is 64.1 Å². The topological polar surface area (TPSA) is 131 Å². The van der Waals surface area contributed by atoms with Crippen LogP contribution < -0.4 is 16.0 Å². The van der Waals surface area contributed by atoms with Crippen LogP contribution in [-0.2, 0) is 14.3 Å². The van der Waals surface area contributed by atoms with Gasteiger partial charge in [0.15, 0.2) is 0 Å². The van der Waals surface area contributed by atoms with Crippen molar-refractivity contribution in [3.05, 3.63) is 26.4 Å². The molecule has 1 amide bonds. The molecular formula is C19H27N3O7. The lowest BCUT2D eigenvalue weighted by molar-refractivity contribution is -0.144. The molecule has 1 fully saturated rings. The number of hydrogen-bond acceptors (Lipinski definition) is 7. The average molecular weight is 409 g/mol. The van der Waals surface area contributed by atoms with Crippen LogP contribution in [0.4, 0.5) is 4.79 Å². The number of hydrogen-bond donors (Lipinski definition) is 2. The van der Waals surface area contributed by atoms with Crippen LogP contribution in [0.2, 0.25) is 0 Å². The highest BCUT2D eigenvalue weighted by Crippen LogP contribution is 2.48. The molecule has 0 unspecified atom stereocenters. The van der Waals surface area contributed by atoms with E-state index in [9.17, 15) is 19.2 Å². The van der Waals surface area contributed by atoms with E-state index in [2.05, 4.69) is 9.97 Å². The predicted molar refractivity (Wildman–Crippen MR) is 102 cm³/mol. The molecule has 160 valence electrons. The van der Waals surface area contributed by atoms with Crippen molar-refractivity contribution in [1.29, 1.82) is 0 Å². The lowest BCUT2D eigenvalue weighted by Crippen LogP contribution is -2.56. The number of rotatable bonds is 4. The van der Waals surface area contributed by atoms with Crippen LogP contribution in [0.3, 0.4) is 0 Å². The Labute approximate surface area is 167 Å². The number of piperidine rings is 1. The highest BCUT2D eigenvalue weighted by molar-refractivity contribution is 5.70. The molecule has 0 saturated carbocycles. The predicted octanol–water partition coefficient (Wildman–Crippen LogP) is 1.26. The first kappa shape index (κ1) is 20.9. The Morgan fingerprint density at radius 1 is 1.28 bits per heavy atom. The summed E-state index contributed by atoms with van der Waals surface area (Å²) in [7, 11) is 0. The Bertz CT molecular complexity index is 914. The Kier molecular flexibility index (Phi) is 5.46. The fourth-order valence-corrected chi connectivity index (χ4v) is 3.98. The third kappa shape index (κ3) is 4.30. The SMILES string of the molecule is CCOC(=O)CC[C@@]12CN(C(=O)OC(C)(C)C)CC[C@@H]1c1c([nH]c(=O)[nH]c1=O)O2. The van der Waals surface area contributed by atoms with Crippen molar-refractivity contribution < 1.29 is 23.8 Å². The second kappa shape index (κ2) is 7.57. The molecule has 3 heterocycles. The maximum absolute atomic E-state index is 12.6. The molecule has 0 aliphatic carbocycles. The standard InChI is InChI=1S/C19H27N3O7/c1-5-27-12(23)6-8-19-10-22(17(26)29-18(2,3)4)9-7-11(19)13-14(24)20-16(25)21-15(13)28-19/h11H,5-10H2,1-4H3,(H2,20,21,24,25)/t11-,19-/m1/s1. The van der Waals surface area contributed by atoms with Gasteiger partial charge in [-0.3, -0.25) is 19.6 Å². The minimum absolute atomic E-state index is 0.0582. The quantitative estimate of drug-likeness (QED) is 0.716. The number of fused-ring (bicyclic) bond motifs is 3. The molecule has 29 heavy (non-hydrogen) atoms. The van der Waals surface area contributed by atoms with E-state index in [-0.39, 0.29) is 37.8 Å². The zero-order chi connectivity index (χ0) is 21.4. The van der Waals surface area contributed by atoms with Crippen LogP contribution in [-0.4, -0.2) is 57.8 Å². The largest absolute Gasteiger partial charge is 0.469 e. The van der Waals surface area contributed by atoms with Crippen LogP contribution in [0, 0.1) is 0 Å². The van der Waals surface area contributed by atoms with E-state index in [1.807, 2.05) is 0 Å². The molecule has 2 atom stereocenters. The van der Waals surface area contributed by atoms with Gasteiger partial charge in [-0.25, -0.2) is 9.59 Å². The van der Waals surface area contributed by atoms with Gasteiger partial charge in [-0.2, -0.15) is 0 Å². The number of carbonyl (C=O) groups is 2. The number of nitrogens with zero attached hydrogens (tertiary/aromatic N) is 1. The fourth-order valence-electron chi connectivity index (χ4n) is 3.98. The van der Waals surface area contributed by atoms with Crippen LogP contribution >= 0.6 is 0 Å². The van der Waals surface area contributed by atoms with Crippen molar-refractivity contribution in [3.8, 4) is 5.88 Å². The van der Waals surface area contributed by atoms with Gasteiger partial charge in [0.05, 0.1) is 18.7 Å². The van der Waals surface area contributed by atoms with Crippen LogP contribution in [0.15, 0.2) is 9.59 Å². The van der Waals surface area contributed by atoms with Crippen molar-refractivity contribution in [2.75, 3.05) is 19.7 Å². The zero-order valence-electron chi connectivity index (χ0n) is 17.1. The van der Waals surface area contributed by atoms with E-state index in [0.29, 0.717) is 18.5 Å². The van der Waals surface area contributed by atoms with E-state index < -0.39 is 34.5 Å². The Morgan fingerprint density at radius 3 is 2.66 bits per heavy atom. The second-order valence-electron chi connectivity index (χ2n) is 8.37. The number of nitrogens with one attached hydrogen (secondary N) is 2. The van der Waals surface area contributed by atoms with Crippen LogP contribution in [0.5, 0.6) is 5.88 Å². The van der Waals surface area contributed by atoms with Gasteiger partial charge in [-0.05, 0) is 40.5 Å². The normalized spacial score (nSPS) is 23.0. The maximum atomic E-state index is 12.6. The summed E-state index contributed by atoms with van der Waals surface area (Å²) in [5, 5.41) is 0. The van der Waals surface area contributed by atoms with Crippen molar-refractivity contribution >= 4 is 12.1 Å². The van der Waals surface area contributed by atoms with Gasteiger partial charge >= 0.3 is 17.8 Å². The number of ether oxygens (including phenoxy) is 3. The summed E-state index contributed by atoms with van der Waals surface area (Å²) in [6.45, 7) is 7.80. The molecule has 1 saturated heterocycles. The molecule has 10 nitrogen and oxygen atoms in total. The minimum atomic E-state index is -1.03. The fraction of sp³-hybridized carbons (Fsp3) is 0.684. The molecular weight excluding hydrogens is 382 g/mol. The summed E-state index contributed by atoms with van der Waals surface area (Å²) in [5.74, 6) is -0.665. The number of carbonyl (C=O) groups excluding carboxylic acids is 2. The van der Waals surface area contributed by atoms with E-state index in [1.165, 1.54) is 4.90 Å². The van der Waals surface area contributed by atoms with Crippen molar-refractivity contribution in [1.82, 2.24) is 14.9 Å². The molecule has 0 aromatic carbocycles. The van der Waals surface area contributed by atoms with E-state index in [4.69, 9.17) is 14.2 Å². The van der Waals surface area contributed by atoms with Gasteiger partial charge in [0, 0.05) is 18.9 Å². The number of amides is 1. The van der Waals surface area contributed by atoms with Gasteiger partial charge in [0.1, 0.15) is 11.2 Å². The van der Waals surface area contributed by atoms with E-state index in [1.54, 1.807) is 27.7 Å². The summed E-state index contributed by atoms with van der Waals surface area (Å²) < 4.78 is 16.5. The number of esters is 1. The molecule has 10 heteroatoms. The molecule has 0 spiro atoms. The molecule has 2 aliphatic heterocycles. The first-order chi connectivity index (χ1) is 13.5. The Hall–Kier alpha value is -2.78. The smallest absolute Gasteiger partial charge is 0.410 e. The van der Waals surface area contributed by atoms with Gasteiger partial charge in [0.25, 0.3) is 5.56 Å². The van der Waals surface area contributed by atoms with Gasteiger partial charge < -0.3 is 19.1 Å². The molecule has 1 aromatic heterocycles. The lowest BCUT2D eigenvalue weighted by atomic mass is 9.76. The van der Waals surface area contributed by atoms with Crippen LogP contribution in [0.1, 0.15) is 58.4 Å². The lowest BCUT2D eigenvalue weighted by Gasteiger charge is -2.43. The number of likely N-dealkylation sites (tertiary alicyclic amines) is 1.